The van der Waals surface area contributed by atoms with Gasteiger partial charge in [0.05, 0.1) is 39.5 Å². The smallest absolute Gasteiger partial charge is 0.291 e. The van der Waals surface area contributed by atoms with E-state index < -0.39 is 17.9 Å². The number of hydrogen-bond donors (Lipinski definition) is 3. The molecule has 2 aliphatic heterocycles. The molecule has 2 aromatic carbocycles. The average Bonchev–Trinajstić information content (AvgIpc) is 3.53. The van der Waals surface area contributed by atoms with Crippen LogP contribution in [0.1, 0.15) is 56.5 Å². The third kappa shape index (κ3) is 5.90. The topological polar surface area (TPSA) is 144 Å². The summed E-state index contributed by atoms with van der Waals surface area (Å²) in [6.07, 6.45) is 1.07. The second kappa shape index (κ2) is 12.7. The van der Waals surface area contributed by atoms with Crippen molar-refractivity contribution in [3.8, 4) is 17.2 Å². The number of nitrogens with one attached hydrogen (secondary N) is 2. The molecule has 4 aromatic rings. The quantitative estimate of drug-likeness (QED) is 0.278. The molecule has 0 saturated heterocycles. The number of benzene rings is 2. The van der Waals surface area contributed by atoms with Crippen LogP contribution >= 0.6 is 11.6 Å². The number of aromatic nitrogens is 4. The van der Waals surface area contributed by atoms with Gasteiger partial charge in [0.2, 0.25) is 0 Å². The highest BCUT2D eigenvalue weighted by atomic mass is 35.5. The summed E-state index contributed by atoms with van der Waals surface area (Å²) in [6, 6.07) is 12.6. The second-order valence-corrected chi connectivity index (χ2v) is 12.4. The minimum Gasteiger partial charge on any atom is -0.392 e. The van der Waals surface area contributed by atoms with E-state index >= 15 is 0 Å². The van der Waals surface area contributed by atoms with Crippen LogP contribution in [0.3, 0.4) is 0 Å². The number of aliphatic hydroxyl groups excluding tert-OH is 1. The van der Waals surface area contributed by atoms with Gasteiger partial charge in [-0.05, 0) is 26.1 Å². The van der Waals surface area contributed by atoms with Gasteiger partial charge in [-0.3, -0.25) is 14.5 Å². The van der Waals surface area contributed by atoms with Gasteiger partial charge in [0.1, 0.15) is 6.07 Å². The Morgan fingerprint density at radius 3 is 2.11 bits per heavy atom. The number of imidazole rings is 2. The van der Waals surface area contributed by atoms with Gasteiger partial charge in [-0.2, -0.15) is 5.26 Å². The largest absolute Gasteiger partial charge is 0.392 e. The molecule has 0 fully saturated rings. The van der Waals surface area contributed by atoms with E-state index in [-0.39, 0.29) is 22.2 Å². The molecule has 3 N–H and O–H groups in total. The zero-order valence-corrected chi connectivity index (χ0v) is 27.0. The number of rotatable bonds is 7. The van der Waals surface area contributed by atoms with Gasteiger partial charge in [-0.25, -0.2) is 9.97 Å². The van der Waals surface area contributed by atoms with Gasteiger partial charge in [0.25, 0.3) is 11.8 Å². The molecule has 6 rings (SSSR count). The van der Waals surface area contributed by atoms with Crippen molar-refractivity contribution in [3.63, 3.8) is 0 Å². The number of fused-ring (bicyclic) bond motifs is 2. The molecule has 0 bridgehead atoms. The zero-order chi connectivity index (χ0) is 32.7. The number of likely N-dealkylation sites (N-methyl/N-ethyl adjacent to an activating group) is 1. The number of carbonyl (C=O) groups excluding carboxylic acids is 2. The highest BCUT2D eigenvalue weighted by molar-refractivity contribution is 6.36. The molecule has 13 heteroatoms. The molecule has 2 aliphatic rings. The molecule has 4 heterocycles. The summed E-state index contributed by atoms with van der Waals surface area (Å²) in [5.41, 5.74) is 5.68. The van der Waals surface area contributed by atoms with E-state index in [1.54, 1.807) is 47.9 Å². The van der Waals surface area contributed by atoms with Gasteiger partial charge in [0, 0.05) is 82.2 Å². The van der Waals surface area contributed by atoms with Crippen LogP contribution < -0.4 is 10.6 Å². The lowest BCUT2D eigenvalue weighted by molar-refractivity contribution is 0.100. The summed E-state index contributed by atoms with van der Waals surface area (Å²) in [5, 5.41) is 26.0. The van der Waals surface area contributed by atoms with E-state index in [0.717, 1.165) is 48.7 Å². The first-order chi connectivity index (χ1) is 22.0. The first-order valence-electron chi connectivity index (χ1n) is 15.2. The summed E-state index contributed by atoms with van der Waals surface area (Å²) in [5.74, 6) is -0.282. The van der Waals surface area contributed by atoms with E-state index in [2.05, 4.69) is 36.5 Å². The van der Waals surface area contributed by atoms with E-state index in [0.29, 0.717) is 42.1 Å². The molecule has 0 spiro atoms. The van der Waals surface area contributed by atoms with Gasteiger partial charge >= 0.3 is 0 Å². The number of hydrogen-bond acceptors (Lipinski definition) is 8. The molecule has 0 saturated carbocycles. The van der Waals surface area contributed by atoms with Gasteiger partial charge in [0.15, 0.2) is 11.6 Å². The van der Waals surface area contributed by atoms with Crippen molar-refractivity contribution in [1.29, 1.82) is 5.26 Å². The Bertz CT molecular complexity index is 1890. The van der Waals surface area contributed by atoms with Crippen molar-refractivity contribution in [2.24, 2.45) is 14.1 Å². The summed E-state index contributed by atoms with van der Waals surface area (Å²) in [6.45, 7) is 5.19. The van der Waals surface area contributed by atoms with E-state index in [4.69, 9.17) is 11.6 Å². The number of anilines is 2. The number of nitrogens with zero attached hydrogens (tertiary/aromatic N) is 7. The fraction of sp³-hybridized carbons (Fsp3) is 0.364. The maximum absolute atomic E-state index is 13.4. The van der Waals surface area contributed by atoms with Crippen molar-refractivity contribution in [2.75, 3.05) is 37.3 Å². The predicted molar refractivity (Wildman–Crippen MR) is 175 cm³/mol. The van der Waals surface area contributed by atoms with Crippen LogP contribution in [0.25, 0.3) is 11.1 Å². The first-order valence-corrected chi connectivity index (χ1v) is 15.6. The minimum absolute atomic E-state index is 0.235. The second-order valence-electron chi connectivity index (χ2n) is 12.0. The third-order valence-electron chi connectivity index (χ3n) is 8.67. The normalized spacial score (nSPS) is 15.5. The van der Waals surface area contributed by atoms with Crippen LogP contribution in [0.4, 0.5) is 11.4 Å². The molecule has 0 unspecified atom stereocenters. The number of nitriles is 1. The monoisotopic (exact) mass is 641 g/mol. The van der Waals surface area contributed by atoms with Gasteiger partial charge < -0.3 is 29.8 Å². The molecule has 0 radical (unpaired) electrons. The lowest BCUT2D eigenvalue weighted by atomic mass is 9.98. The number of amides is 2. The first kappa shape index (κ1) is 31.4. The summed E-state index contributed by atoms with van der Waals surface area (Å²) in [4.78, 5) is 40.3. The molecule has 12 nitrogen and oxygen atoms in total. The Hall–Kier alpha value is -4.54. The fourth-order valence-electron chi connectivity index (χ4n) is 6.37. The summed E-state index contributed by atoms with van der Waals surface area (Å²) >= 11 is 6.87. The van der Waals surface area contributed by atoms with Gasteiger partial charge in [-0.1, -0.05) is 35.9 Å². The lowest BCUT2D eigenvalue weighted by Gasteiger charge is -2.27. The number of β-amino-alcohol motifs (C(OH)–C–C–N with tert-alkyl or cyclic N) is 1. The molecule has 1 atom stereocenters. The van der Waals surface area contributed by atoms with Crippen LogP contribution in [0.15, 0.2) is 36.4 Å². The minimum atomic E-state index is -0.450. The molecule has 2 aromatic heterocycles. The van der Waals surface area contributed by atoms with Crippen molar-refractivity contribution < 1.29 is 14.7 Å². The third-order valence-corrected chi connectivity index (χ3v) is 9.08. The average molecular weight is 642 g/mol. The van der Waals surface area contributed by atoms with Crippen LogP contribution in [0.2, 0.25) is 5.02 Å². The van der Waals surface area contributed by atoms with Crippen molar-refractivity contribution in [3.05, 3.63) is 81.4 Å². The SMILES string of the molecule is C[C@H](O)CN1CCc2c(nc(C(=O)Nc3cccc(-c4cccc(NC(=O)c5nc6c(n5C)CCN(C)C6)c4C#N)c3Cl)n2C)C1. The van der Waals surface area contributed by atoms with E-state index in [9.17, 15) is 20.0 Å². The Labute approximate surface area is 272 Å². The van der Waals surface area contributed by atoms with Crippen molar-refractivity contribution in [2.45, 2.75) is 39.0 Å². The molecule has 238 valence electrons. The molecule has 0 aliphatic carbocycles. The summed E-state index contributed by atoms with van der Waals surface area (Å²) < 4.78 is 3.62. The maximum Gasteiger partial charge on any atom is 0.291 e. The Balaban J connectivity index is 1.25. The molecular weight excluding hydrogens is 606 g/mol. The van der Waals surface area contributed by atoms with E-state index in [1.807, 2.05) is 25.7 Å². The van der Waals surface area contributed by atoms with Crippen LogP contribution in [0, 0.1) is 11.3 Å². The maximum atomic E-state index is 13.4. The lowest BCUT2D eigenvalue weighted by Crippen LogP contribution is -2.36. The molecule has 2 amide bonds. The highest BCUT2D eigenvalue weighted by Crippen LogP contribution is 2.38. The highest BCUT2D eigenvalue weighted by Gasteiger charge is 2.27. The Kier molecular flexibility index (Phi) is 8.67. The number of aliphatic hydroxyl groups is 1. The summed E-state index contributed by atoms with van der Waals surface area (Å²) in [7, 11) is 5.67. The van der Waals surface area contributed by atoms with Gasteiger partial charge in [-0.15, -0.1) is 0 Å². The molecule has 46 heavy (non-hydrogen) atoms. The van der Waals surface area contributed by atoms with Crippen molar-refractivity contribution in [1.82, 2.24) is 28.9 Å². The predicted octanol–water partition coefficient (Wildman–Crippen LogP) is 3.58. The van der Waals surface area contributed by atoms with Crippen LogP contribution in [-0.2, 0) is 40.0 Å². The van der Waals surface area contributed by atoms with Crippen LogP contribution in [0.5, 0.6) is 0 Å². The number of carbonyl (C=O) groups is 2. The fourth-order valence-corrected chi connectivity index (χ4v) is 6.65. The van der Waals surface area contributed by atoms with Crippen molar-refractivity contribution >= 4 is 34.8 Å². The number of halogens is 1. The Morgan fingerprint density at radius 1 is 0.913 bits per heavy atom. The van der Waals surface area contributed by atoms with Crippen LogP contribution in [-0.4, -0.2) is 78.6 Å². The zero-order valence-electron chi connectivity index (χ0n) is 26.3. The van der Waals surface area contributed by atoms with E-state index in [1.165, 1.54) is 0 Å². The standard InChI is InChI=1S/C33H36ClN9O3/c1-19(44)16-43-14-12-28-26(18-43)37-31(42(28)4)33(46)39-24-10-6-8-21(29(24)34)20-7-5-9-23(22(20)15-35)38-32(45)30-36-25-17-40(2)13-11-27(25)41(30)3/h5-10,19,44H,11-14,16-18H2,1-4H3,(H,38,45)(H,39,46)/t19-/m0/s1. The molecular formula is C33H36ClN9O3. The Morgan fingerprint density at radius 2 is 1.48 bits per heavy atom.